The molecule has 0 spiro atoms. The van der Waals surface area contributed by atoms with Gasteiger partial charge in [-0.3, -0.25) is 4.99 Å². The molecule has 0 unspecified atom stereocenters. The summed E-state index contributed by atoms with van der Waals surface area (Å²) in [5, 5.41) is 16.7. The van der Waals surface area contributed by atoms with Crippen molar-refractivity contribution in [2.24, 2.45) is 10.1 Å². The van der Waals surface area contributed by atoms with Crippen LogP contribution in [0, 0.1) is 0 Å². The van der Waals surface area contributed by atoms with Crippen LogP contribution in [0.3, 0.4) is 0 Å². The maximum absolute atomic E-state index is 10.1. The molecule has 0 atom stereocenters. The summed E-state index contributed by atoms with van der Waals surface area (Å²) in [5.74, 6) is 1.93. The second-order valence-corrected chi connectivity index (χ2v) is 8.25. The van der Waals surface area contributed by atoms with E-state index in [0.29, 0.717) is 38.8 Å². The maximum Gasteiger partial charge on any atom is 0.206 e. The molecule has 0 saturated carbocycles. The van der Waals surface area contributed by atoms with Gasteiger partial charge in [-0.2, -0.15) is 5.10 Å². The Hall–Kier alpha value is -3.24. The van der Waals surface area contributed by atoms with Gasteiger partial charge in [-0.15, -0.1) is 17.9 Å². The highest BCUT2D eigenvalue weighted by atomic mass is 79.9. The van der Waals surface area contributed by atoms with Gasteiger partial charge in [0.2, 0.25) is 10.6 Å². The number of aromatic hydroxyl groups is 1. The van der Waals surface area contributed by atoms with E-state index in [-0.39, 0.29) is 5.75 Å². The third-order valence-corrected chi connectivity index (χ3v) is 6.05. The van der Waals surface area contributed by atoms with Crippen molar-refractivity contribution in [1.82, 2.24) is 4.68 Å². The molecule has 0 aliphatic carbocycles. The van der Waals surface area contributed by atoms with Crippen LogP contribution in [0.5, 0.6) is 28.7 Å². The number of ether oxygens (including phenoxy) is 4. The summed E-state index contributed by atoms with van der Waals surface area (Å²) in [6.07, 6.45) is 3.38. The number of halogens is 1. The third-order valence-electron chi connectivity index (χ3n) is 4.59. The number of methoxy groups -OCH3 is 4. The summed E-state index contributed by atoms with van der Waals surface area (Å²) in [6.45, 7) is 4.19. The Kier molecular flexibility index (Phi) is 8.18. The van der Waals surface area contributed by atoms with E-state index < -0.39 is 0 Å². The SMILES string of the molecule is C=CCN=c1scc(-c2cc(OC)c(OC)c(OC)c2)n1N=Cc1cc(Br)c(O)c(OC)c1. The molecular formula is C23H24BrN3O5S. The van der Waals surface area contributed by atoms with E-state index >= 15 is 0 Å². The van der Waals surface area contributed by atoms with Gasteiger partial charge in [-0.25, -0.2) is 4.68 Å². The summed E-state index contributed by atoms with van der Waals surface area (Å²) in [4.78, 5) is 5.24. The topological polar surface area (TPSA) is 86.8 Å². The zero-order chi connectivity index (χ0) is 24.0. The fourth-order valence-corrected chi connectivity index (χ4v) is 4.34. The Morgan fingerprint density at radius 1 is 1.03 bits per heavy atom. The fraction of sp³-hybridized carbons (Fsp3) is 0.217. The minimum absolute atomic E-state index is 0.0256. The lowest BCUT2D eigenvalue weighted by atomic mass is 10.1. The number of phenols is 1. The van der Waals surface area contributed by atoms with E-state index in [2.05, 4.69) is 32.6 Å². The number of hydrogen-bond acceptors (Lipinski definition) is 8. The minimum atomic E-state index is 0.0256. The van der Waals surface area contributed by atoms with Crippen molar-refractivity contribution < 1.29 is 24.1 Å². The van der Waals surface area contributed by atoms with E-state index in [4.69, 9.17) is 18.9 Å². The molecule has 8 nitrogen and oxygen atoms in total. The van der Waals surface area contributed by atoms with Crippen LogP contribution in [-0.4, -0.2) is 51.0 Å². The van der Waals surface area contributed by atoms with Crippen molar-refractivity contribution in [1.29, 1.82) is 0 Å². The molecule has 0 fully saturated rings. The van der Waals surface area contributed by atoms with Crippen molar-refractivity contribution in [2.45, 2.75) is 0 Å². The Morgan fingerprint density at radius 3 is 2.27 bits per heavy atom. The molecule has 0 aliphatic heterocycles. The Labute approximate surface area is 204 Å². The van der Waals surface area contributed by atoms with E-state index in [9.17, 15) is 5.11 Å². The van der Waals surface area contributed by atoms with Gasteiger partial charge in [0.25, 0.3) is 0 Å². The molecule has 0 amide bonds. The van der Waals surface area contributed by atoms with Crippen LogP contribution < -0.4 is 23.7 Å². The number of aromatic nitrogens is 1. The smallest absolute Gasteiger partial charge is 0.206 e. The molecule has 0 aliphatic rings. The molecule has 2 aromatic carbocycles. The van der Waals surface area contributed by atoms with Crippen LogP contribution in [-0.2, 0) is 0 Å². The van der Waals surface area contributed by atoms with Gasteiger partial charge in [0.15, 0.2) is 23.0 Å². The van der Waals surface area contributed by atoms with Crippen LogP contribution in [0.4, 0.5) is 0 Å². The first kappa shape index (κ1) is 24.4. The van der Waals surface area contributed by atoms with E-state index in [1.54, 1.807) is 50.4 Å². The van der Waals surface area contributed by atoms with Crippen molar-refractivity contribution in [3.63, 3.8) is 0 Å². The highest BCUT2D eigenvalue weighted by Crippen LogP contribution is 2.41. The van der Waals surface area contributed by atoms with Crippen molar-refractivity contribution in [2.75, 3.05) is 35.0 Å². The number of nitrogens with zero attached hydrogens (tertiary/aromatic N) is 3. The lowest BCUT2D eigenvalue weighted by molar-refractivity contribution is 0.324. The number of benzene rings is 2. The van der Waals surface area contributed by atoms with Gasteiger partial charge in [0, 0.05) is 10.9 Å². The summed E-state index contributed by atoms with van der Waals surface area (Å²) in [5.41, 5.74) is 2.31. The molecule has 10 heteroatoms. The average molecular weight is 534 g/mol. The van der Waals surface area contributed by atoms with Crippen LogP contribution >= 0.6 is 27.3 Å². The lowest BCUT2D eigenvalue weighted by Crippen LogP contribution is -2.12. The average Bonchev–Trinajstić information content (AvgIpc) is 3.24. The molecule has 0 radical (unpaired) electrons. The highest BCUT2D eigenvalue weighted by Gasteiger charge is 2.17. The van der Waals surface area contributed by atoms with Crippen molar-refractivity contribution in [3.05, 3.63) is 57.1 Å². The van der Waals surface area contributed by atoms with Crippen LogP contribution in [0.15, 0.2) is 56.9 Å². The summed E-state index contributed by atoms with van der Waals surface area (Å²) in [7, 11) is 6.19. The fourth-order valence-electron chi connectivity index (χ4n) is 3.04. The molecule has 0 bridgehead atoms. The zero-order valence-electron chi connectivity index (χ0n) is 18.7. The molecular weight excluding hydrogens is 510 g/mol. The van der Waals surface area contributed by atoms with Crippen molar-refractivity contribution in [3.8, 4) is 40.0 Å². The first-order valence-electron chi connectivity index (χ1n) is 9.70. The van der Waals surface area contributed by atoms with Crippen LogP contribution in [0.1, 0.15) is 5.56 Å². The molecule has 3 aromatic rings. The molecule has 1 heterocycles. The van der Waals surface area contributed by atoms with Gasteiger partial charge in [-0.1, -0.05) is 6.08 Å². The molecule has 1 N–H and O–H groups in total. The summed E-state index contributed by atoms with van der Waals surface area (Å²) in [6, 6.07) is 7.14. The van der Waals surface area contributed by atoms with E-state index in [1.165, 1.54) is 18.4 Å². The Morgan fingerprint density at radius 2 is 1.70 bits per heavy atom. The zero-order valence-corrected chi connectivity index (χ0v) is 21.1. The van der Waals surface area contributed by atoms with Crippen molar-refractivity contribution >= 4 is 33.5 Å². The molecule has 174 valence electrons. The largest absolute Gasteiger partial charge is 0.503 e. The van der Waals surface area contributed by atoms with E-state index in [1.807, 2.05) is 17.5 Å². The van der Waals surface area contributed by atoms with Gasteiger partial charge in [0.1, 0.15) is 0 Å². The first-order chi connectivity index (χ1) is 16.0. The number of hydrogen-bond donors (Lipinski definition) is 1. The lowest BCUT2D eigenvalue weighted by Gasteiger charge is -2.14. The molecule has 1 aromatic heterocycles. The highest BCUT2D eigenvalue weighted by molar-refractivity contribution is 9.10. The van der Waals surface area contributed by atoms with Crippen LogP contribution in [0.2, 0.25) is 0 Å². The Bertz CT molecular complexity index is 1220. The number of thiazole rings is 1. The van der Waals surface area contributed by atoms with Gasteiger partial charge < -0.3 is 24.1 Å². The molecule has 33 heavy (non-hydrogen) atoms. The van der Waals surface area contributed by atoms with E-state index in [0.717, 1.165) is 16.8 Å². The van der Waals surface area contributed by atoms with Gasteiger partial charge in [0.05, 0.1) is 51.4 Å². The maximum atomic E-state index is 10.1. The van der Waals surface area contributed by atoms with Gasteiger partial charge in [-0.05, 0) is 45.8 Å². The number of phenolic OH excluding ortho intramolecular Hbond substituents is 1. The predicted octanol–water partition coefficient (Wildman–Crippen LogP) is 4.69. The standard InChI is InChI=1S/C23H24BrN3O5S/c1-6-7-25-23-27(26-12-14-8-16(24)21(28)18(9-14)29-2)17(13-33-23)15-10-19(30-3)22(32-5)20(11-15)31-4/h6,8-13,28H,1,7H2,2-5H3. The summed E-state index contributed by atoms with van der Waals surface area (Å²) >= 11 is 4.78. The molecule has 3 rings (SSSR count). The quantitative estimate of drug-likeness (QED) is 0.318. The monoisotopic (exact) mass is 533 g/mol. The third kappa shape index (κ3) is 5.23. The minimum Gasteiger partial charge on any atom is -0.503 e. The van der Waals surface area contributed by atoms with Crippen LogP contribution in [0.25, 0.3) is 11.3 Å². The summed E-state index contributed by atoms with van der Waals surface area (Å²) < 4.78 is 23.9. The number of rotatable bonds is 9. The predicted molar refractivity (Wildman–Crippen MR) is 133 cm³/mol. The second-order valence-electron chi connectivity index (χ2n) is 6.56. The second kappa shape index (κ2) is 11.1. The molecule has 0 saturated heterocycles. The Balaban J connectivity index is 2.17. The first-order valence-corrected chi connectivity index (χ1v) is 11.4. The van der Waals surface area contributed by atoms with Gasteiger partial charge >= 0.3 is 0 Å². The normalized spacial score (nSPS) is 11.6.